The number of aliphatic carboxylic acids is 1. The van der Waals surface area contributed by atoms with Crippen LogP contribution in [0.3, 0.4) is 0 Å². The molecule has 0 aliphatic rings. The van der Waals surface area contributed by atoms with E-state index in [1.54, 1.807) is 0 Å². The monoisotopic (exact) mass is 165 g/mol. The second-order valence-corrected chi connectivity index (χ2v) is 0.598. The molecule has 0 unspecified atom stereocenters. The molecule has 0 amide bonds. The van der Waals surface area contributed by atoms with Crippen molar-refractivity contribution >= 4 is 5.97 Å². The molecule has 0 aromatic heterocycles. The van der Waals surface area contributed by atoms with E-state index in [0.717, 1.165) is 0 Å². The van der Waals surface area contributed by atoms with Gasteiger partial charge in [0.1, 0.15) is 0 Å². The van der Waals surface area contributed by atoms with Gasteiger partial charge in [0.2, 0.25) is 0 Å². The van der Waals surface area contributed by atoms with Gasteiger partial charge in [0.25, 0.3) is 0 Å². The average molecular weight is 166 g/mol. The zero-order chi connectivity index (χ0) is 4.28. The number of hydrogen-bond donors (Lipinski definition) is 2. The van der Waals surface area contributed by atoms with Gasteiger partial charge in [-0.15, -0.1) is 0 Å². The van der Waals surface area contributed by atoms with Crippen molar-refractivity contribution in [3.8, 4) is 0 Å². The Kier molecular flexibility index (Phi) is 8.48. The zero-order valence-electron chi connectivity index (χ0n) is 3.14. The Morgan fingerprint density at radius 2 is 2.00 bits per heavy atom. The van der Waals surface area contributed by atoms with Crippen molar-refractivity contribution in [3.05, 3.63) is 0 Å². The van der Waals surface area contributed by atoms with Gasteiger partial charge in [-0.25, -0.2) is 0 Å². The van der Waals surface area contributed by atoms with Gasteiger partial charge >= 0.3 is 32.2 Å². The summed E-state index contributed by atoms with van der Waals surface area (Å²) in [6, 6.07) is 0. The SMILES string of the molecule is NCC(=O)O.[Zr+2]. The van der Waals surface area contributed by atoms with Crippen LogP contribution in [0.25, 0.3) is 0 Å². The first kappa shape index (κ1) is 9.58. The number of carboxylic acid groups (broad SMARTS) is 1. The first-order chi connectivity index (χ1) is 2.27. The van der Waals surface area contributed by atoms with Gasteiger partial charge in [0.15, 0.2) is 0 Å². The normalized spacial score (nSPS) is 6.17. The molecule has 0 spiro atoms. The standard InChI is InChI=1S/C2H5NO2.Zr/c3-1-2(4)5;/h1,3H2,(H,4,5);/q;+2. The van der Waals surface area contributed by atoms with E-state index >= 15 is 0 Å². The van der Waals surface area contributed by atoms with Gasteiger partial charge < -0.3 is 10.8 Å². The Morgan fingerprint density at radius 3 is 2.00 bits per heavy atom. The fourth-order valence-electron chi connectivity index (χ4n) is 0. The van der Waals surface area contributed by atoms with Crippen LogP contribution in [-0.4, -0.2) is 17.6 Å². The Hall–Kier alpha value is 0.313. The number of carboxylic acids is 1. The van der Waals surface area contributed by atoms with E-state index in [1.807, 2.05) is 0 Å². The van der Waals surface area contributed by atoms with Crippen LogP contribution < -0.4 is 5.73 Å². The van der Waals surface area contributed by atoms with Gasteiger partial charge in [0.05, 0.1) is 6.54 Å². The molecule has 0 fully saturated rings. The molecule has 4 heteroatoms. The Labute approximate surface area is 54.6 Å². The minimum Gasteiger partial charge on any atom is -0.480 e. The van der Waals surface area contributed by atoms with Crippen molar-refractivity contribution in [3.63, 3.8) is 0 Å². The van der Waals surface area contributed by atoms with E-state index in [0.29, 0.717) is 0 Å². The van der Waals surface area contributed by atoms with E-state index in [9.17, 15) is 4.79 Å². The Bertz CT molecular complexity index is 46.8. The van der Waals surface area contributed by atoms with Gasteiger partial charge in [-0.3, -0.25) is 4.79 Å². The van der Waals surface area contributed by atoms with Crippen molar-refractivity contribution in [2.24, 2.45) is 5.73 Å². The summed E-state index contributed by atoms with van der Waals surface area (Å²) in [5.74, 6) is -0.968. The van der Waals surface area contributed by atoms with Gasteiger partial charge in [-0.1, -0.05) is 0 Å². The van der Waals surface area contributed by atoms with Crippen molar-refractivity contribution < 1.29 is 36.1 Å². The average Bonchev–Trinajstić information content (AvgIpc) is 1.38. The maximum atomic E-state index is 9.24. The predicted molar refractivity (Wildman–Crippen MR) is 16.7 cm³/mol. The van der Waals surface area contributed by atoms with Crippen LogP contribution in [0, 0.1) is 0 Å². The third-order valence-corrected chi connectivity index (χ3v) is 0.175. The molecule has 0 saturated carbocycles. The van der Waals surface area contributed by atoms with E-state index in [2.05, 4.69) is 5.73 Å². The molecule has 0 aromatic rings. The fraction of sp³-hybridized carbons (Fsp3) is 0.500. The topological polar surface area (TPSA) is 63.3 Å². The van der Waals surface area contributed by atoms with Gasteiger partial charge in [-0.05, 0) is 0 Å². The van der Waals surface area contributed by atoms with Crippen LogP contribution in [-0.2, 0) is 31.0 Å². The molecule has 32 valence electrons. The van der Waals surface area contributed by atoms with Crippen LogP contribution in [0.1, 0.15) is 0 Å². The number of hydrogen-bond acceptors (Lipinski definition) is 2. The molecular weight excluding hydrogens is 161 g/mol. The van der Waals surface area contributed by atoms with Gasteiger partial charge in [-0.2, -0.15) is 0 Å². The molecule has 0 heterocycles. The summed E-state index contributed by atoms with van der Waals surface area (Å²) >= 11 is 0. The van der Waals surface area contributed by atoms with Crippen LogP contribution in [0.15, 0.2) is 0 Å². The first-order valence-corrected chi connectivity index (χ1v) is 1.19. The summed E-state index contributed by atoms with van der Waals surface area (Å²) in [5.41, 5.74) is 4.57. The predicted octanol–water partition coefficient (Wildman–Crippen LogP) is -0.973. The van der Waals surface area contributed by atoms with E-state index in [4.69, 9.17) is 5.11 Å². The van der Waals surface area contributed by atoms with E-state index in [1.165, 1.54) is 0 Å². The zero-order valence-corrected chi connectivity index (χ0v) is 5.60. The molecule has 3 nitrogen and oxygen atoms in total. The molecular formula is C2H5NO2Zr+2. The fourth-order valence-corrected chi connectivity index (χ4v) is 0. The second-order valence-electron chi connectivity index (χ2n) is 0.598. The maximum absolute atomic E-state index is 9.24. The summed E-state index contributed by atoms with van der Waals surface area (Å²) in [6.45, 7) is -0.278. The van der Waals surface area contributed by atoms with Crippen molar-refractivity contribution in [1.82, 2.24) is 0 Å². The van der Waals surface area contributed by atoms with Crippen LogP contribution >= 0.6 is 0 Å². The molecule has 0 aromatic carbocycles. The molecule has 0 saturated heterocycles. The maximum Gasteiger partial charge on any atom is 2.00 e. The summed E-state index contributed by atoms with van der Waals surface area (Å²) < 4.78 is 0. The van der Waals surface area contributed by atoms with Crippen molar-refractivity contribution in [1.29, 1.82) is 0 Å². The third kappa shape index (κ3) is 8.85. The molecule has 0 aliphatic carbocycles. The summed E-state index contributed by atoms with van der Waals surface area (Å²) in [4.78, 5) is 9.24. The largest absolute Gasteiger partial charge is 2.00 e. The summed E-state index contributed by atoms with van der Waals surface area (Å²) in [5, 5.41) is 7.60. The van der Waals surface area contributed by atoms with Crippen LogP contribution in [0.2, 0.25) is 0 Å². The summed E-state index contributed by atoms with van der Waals surface area (Å²) in [6.07, 6.45) is 0. The van der Waals surface area contributed by atoms with Crippen molar-refractivity contribution in [2.45, 2.75) is 0 Å². The molecule has 0 aliphatic heterocycles. The second kappa shape index (κ2) is 5.31. The number of carbonyl (C=O) groups is 1. The minimum absolute atomic E-state index is 0. The molecule has 0 rings (SSSR count). The molecule has 6 heavy (non-hydrogen) atoms. The Balaban J connectivity index is 0. The first-order valence-electron chi connectivity index (χ1n) is 1.19. The van der Waals surface area contributed by atoms with Crippen molar-refractivity contribution in [2.75, 3.05) is 6.54 Å². The summed E-state index contributed by atoms with van der Waals surface area (Å²) in [7, 11) is 0. The third-order valence-electron chi connectivity index (χ3n) is 0.175. The van der Waals surface area contributed by atoms with E-state index in [-0.39, 0.29) is 32.7 Å². The van der Waals surface area contributed by atoms with Crippen LogP contribution in [0.4, 0.5) is 0 Å². The number of rotatable bonds is 1. The number of nitrogens with two attached hydrogens (primary N) is 1. The molecule has 3 N–H and O–H groups in total. The Morgan fingerprint density at radius 1 is 1.83 bits per heavy atom. The minimum atomic E-state index is -0.968. The molecule has 0 atom stereocenters. The quantitative estimate of drug-likeness (QED) is 0.527. The smallest absolute Gasteiger partial charge is 0.480 e. The molecule has 0 radical (unpaired) electrons. The molecule has 0 bridgehead atoms. The van der Waals surface area contributed by atoms with Gasteiger partial charge in [0, 0.05) is 0 Å². The van der Waals surface area contributed by atoms with E-state index < -0.39 is 5.97 Å². The van der Waals surface area contributed by atoms with Crippen LogP contribution in [0.5, 0.6) is 0 Å².